The van der Waals surface area contributed by atoms with Gasteiger partial charge in [0.1, 0.15) is 29.6 Å². The Labute approximate surface area is 257 Å². The van der Waals surface area contributed by atoms with Crippen LogP contribution in [0.5, 0.6) is 0 Å². The third-order valence-corrected chi connectivity index (χ3v) is 8.33. The number of hydrogen-bond acceptors (Lipinski definition) is 6. The average molecular weight is 663 g/mol. The topological polar surface area (TPSA) is 113 Å². The molecule has 2 saturated heterocycles. The van der Waals surface area contributed by atoms with Crippen LogP contribution in [-0.4, -0.2) is 107 Å². The highest BCUT2D eigenvalue weighted by Crippen LogP contribution is 2.28. The zero-order valence-corrected chi connectivity index (χ0v) is 24.5. The number of aromatic nitrogens is 2. The number of hydrogen-bond donors (Lipinski definition) is 1. The molecule has 3 aromatic rings. The lowest BCUT2D eigenvalue weighted by Crippen LogP contribution is -2.64. The summed E-state index contributed by atoms with van der Waals surface area (Å²) in [5, 5.41) is 0.265. The molecule has 0 radical (unpaired) electrons. The molecule has 2 amide bonds. The molecule has 0 atom stereocenters. The molecule has 236 valence electrons. The summed E-state index contributed by atoms with van der Waals surface area (Å²) < 4.78 is 60.0. The van der Waals surface area contributed by atoms with Crippen LogP contribution in [0.4, 0.5) is 17.6 Å². The maximum absolute atomic E-state index is 14.9. The number of quaternary nitrogens is 1. The summed E-state index contributed by atoms with van der Waals surface area (Å²) in [5.74, 6) is -4.55. The third-order valence-electron chi connectivity index (χ3n) is 7.57. The molecule has 0 spiro atoms. The highest BCUT2D eigenvalue weighted by atomic mass is 35.5. The van der Waals surface area contributed by atoms with Gasteiger partial charge >= 0.3 is 12.1 Å². The third kappa shape index (κ3) is 6.55. The van der Waals surface area contributed by atoms with Crippen LogP contribution in [0.15, 0.2) is 35.3 Å². The molecule has 1 aromatic carbocycles. The minimum absolute atomic E-state index is 0.106. The number of benzene rings is 1. The molecular weight excluding hydrogens is 637 g/mol. The molecule has 11 nitrogen and oxygen atoms in total. The fourth-order valence-corrected chi connectivity index (χ4v) is 5.69. The van der Waals surface area contributed by atoms with Gasteiger partial charge in [0.05, 0.1) is 36.9 Å². The highest BCUT2D eigenvalue weighted by molar-refractivity contribution is 6.42. The smallest absolute Gasteiger partial charge is 0.378 e. The van der Waals surface area contributed by atoms with Crippen molar-refractivity contribution in [3.05, 3.63) is 73.6 Å². The number of nitrogens with one attached hydrogen (secondary N) is 1. The molecule has 2 aliphatic heterocycles. The molecule has 2 aliphatic rings. The lowest BCUT2D eigenvalue weighted by molar-refractivity contribution is -1.09. The molecule has 2 aromatic heterocycles. The fraction of sp³-hybridized carbons (Fsp3) is 0.407. The van der Waals surface area contributed by atoms with E-state index in [1.54, 1.807) is 0 Å². The summed E-state index contributed by atoms with van der Waals surface area (Å²) in [7, 11) is 0. The number of aromatic amines is 1. The van der Waals surface area contributed by atoms with Crippen LogP contribution >= 0.6 is 23.2 Å². The molecule has 0 aliphatic carbocycles. The van der Waals surface area contributed by atoms with Gasteiger partial charge in [0.25, 0.3) is 17.4 Å². The number of ether oxygens (including phenoxy) is 1. The van der Waals surface area contributed by atoms with Gasteiger partial charge in [-0.1, -0.05) is 29.3 Å². The van der Waals surface area contributed by atoms with Crippen molar-refractivity contribution in [3.63, 3.8) is 0 Å². The number of halogens is 6. The van der Waals surface area contributed by atoms with Crippen LogP contribution in [0.1, 0.15) is 21.6 Å². The summed E-state index contributed by atoms with van der Waals surface area (Å²) in [6, 6.07) is 5.29. The number of H-pyrrole nitrogens is 1. The number of morpholine rings is 1. The standard InChI is InChI=1S/C27H25Cl2F4N5O6/c28-19-13-21-24(40)34-14-17(37(21)23(19)29)11-16-1-2-20(30)18(12-16)25(41)36-3-7-38(8-4-36,44-26(42)27(31,32)33)15-22(39)35-5-9-43-10-6-35/h1-2,12-14H,3-11,15H2/p+1. The van der Waals surface area contributed by atoms with E-state index in [-0.39, 0.29) is 80.2 Å². The lowest BCUT2D eigenvalue weighted by Gasteiger charge is -2.41. The van der Waals surface area contributed by atoms with Crippen LogP contribution in [0.25, 0.3) is 5.52 Å². The second-order valence-electron chi connectivity index (χ2n) is 10.4. The number of alkyl halides is 3. The zero-order valence-electron chi connectivity index (χ0n) is 23.0. The number of hydroxylamine groups is 3. The molecule has 17 heteroatoms. The van der Waals surface area contributed by atoms with E-state index in [0.717, 1.165) is 6.07 Å². The van der Waals surface area contributed by atoms with Crippen molar-refractivity contribution in [2.24, 2.45) is 0 Å². The monoisotopic (exact) mass is 662 g/mol. The van der Waals surface area contributed by atoms with E-state index in [1.165, 1.54) is 38.6 Å². The van der Waals surface area contributed by atoms with E-state index in [9.17, 15) is 36.7 Å². The van der Waals surface area contributed by atoms with Gasteiger partial charge < -0.3 is 19.5 Å². The van der Waals surface area contributed by atoms with Crippen molar-refractivity contribution in [1.82, 2.24) is 19.2 Å². The Hall–Kier alpha value is -3.66. The zero-order chi connectivity index (χ0) is 31.8. The number of rotatable bonds is 6. The van der Waals surface area contributed by atoms with Gasteiger partial charge in [-0.2, -0.15) is 13.2 Å². The summed E-state index contributed by atoms with van der Waals surface area (Å²) in [6.07, 6.45) is -3.75. The van der Waals surface area contributed by atoms with Crippen molar-refractivity contribution >= 4 is 46.5 Å². The first-order chi connectivity index (χ1) is 20.8. The van der Waals surface area contributed by atoms with Crippen molar-refractivity contribution < 1.29 is 46.2 Å². The molecule has 4 heterocycles. The first kappa shape index (κ1) is 31.8. The van der Waals surface area contributed by atoms with Crippen molar-refractivity contribution in [2.75, 3.05) is 59.0 Å². The Balaban J connectivity index is 1.34. The Bertz CT molecular complexity index is 1660. The van der Waals surface area contributed by atoms with Gasteiger partial charge in [-0.05, 0) is 23.8 Å². The average Bonchev–Trinajstić information content (AvgIpc) is 3.30. The van der Waals surface area contributed by atoms with Crippen LogP contribution in [-0.2, 0) is 25.6 Å². The second kappa shape index (κ2) is 12.4. The second-order valence-corrected chi connectivity index (χ2v) is 11.2. The molecule has 44 heavy (non-hydrogen) atoms. The summed E-state index contributed by atoms with van der Waals surface area (Å²) in [4.78, 5) is 60.4. The number of nitrogens with zero attached hydrogens (tertiary/aromatic N) is 4. The molecule has 0 saturated carbocycles. The predicted molar refractivity (Wildman–Crippen MR) is 148 cm³/mol. The summed E-state index contributed by atoms with van der Waals surface area (Å²) in [5.41, 5.74) is 0.463. The van der Waals surface area contributed by atoms with Gasteiger partial charge in [0, 0.05) is 31.4 Å². The molecule has 5 rings (SSSR count). The molecule has 1 N–H and O–H groups in total. The van der Waals surface area contributed by atoms with E-state index in [4.69, 9.17) is 32.8 Å². The first-order valence-electron chi connectivity index (χ1n) is 13.4. The number of piperazine rings is 1. The van der Waals surface area contributed by atoms with Gasteiger partial charge in [-0.25, -0.2) is 9.18 Å². The Morgan fingerprint density at radius 2 is 1.70 bits per heavy atom. The first-order valence-corrected chi connectivity index (χ1v) is 14.2. The quantitative estimate of drug-likeness (QED) is 0.321. The molecule has 0 unspecified atom stereocenters. The Morgan fingerprint density at radius 3 is 2.36 bits per heavy atom. The number of carbonyl (C=O) groups excluding carboxylic acids is 3. The minimum Gasteiger partial charge on any atom is -0.378 e. The van der Waals surface area contributed by atoms with Gasteiger partial charge in [-0.3, -0.25) is 23.6 Å². The van der Waals surface area contributed by atoms with Crippen LogP contribution < -0.4 is 5.56 Å². The summed E-state index contributed by atoms with van der Waals surface area (Å²) >= 11 is 12.4. The molecule has 2 fully saturated rings. The van der Waals surface area contributed by atoms with E-state index >= 15 is 0 Å². The highest BCUT2D eigenvalue weighted by Gasteiger charge is 2.50. The van der Waals surface area contributed by atoms with Crippen LogP contribution in [0.3, 0.4) is 0 Å². The van der Waals surface area contributed by atoms with Crippen molar-refractivity contribution in [3.8, 4) is 0 Å². The maximum Gasteiger partial charge on any atom is 0.497 e. The van der Waals surface area contributed by atoms with E-state index in [2.05, 4.69) is 4.98 Å². The normalized spacial score (nSPS) is 17.1. The minimum atomic E-state index is -5.29. The predicted octanol–water partition coefficient (Wildman–Crippen LogP) is 2.82. The van der Waals surface area contributed by atoms with E-state index in [0.29, 0.717) is 11.3 Å². The maximum atomic E-state index is 14.9. The fourth-order valence-electron chi connectivity index (χ4n) is 5.25. The Kier molecular flexibility index (Phi) is 8.94. The lowest BCUT2D eigenvalue weighted by atomic mass is 10.0. The molecular formula is C27H26Cl2F4N5O6+. The summed E-state index contributed by atoms with van der Waals surface area (Å²) in [6.45, 7) is -0.654. The van der Waals surface area contributed by atoms with E-state index < -0.39 is 46.5 Å². The van der Waals surface area contributed by atoms with Crippen molar-refractivity contribution in [2.45, 2.75) is 12.6 Å². The largest absolute Gasteiger partial charge is 0.497 e. The van der Waals surface area contributed by atoms with Gasteiger partial charge in [-0.15, -0.1) is 4.65 Å². The van der Waals surface area contributed by atoms with Crippen molar-refractivity contribution in [1.29, 1.82) is 0 Å². The van der Waals surface area contributed by atoms with Crippen LogP contribution in [0, 0.1) is 5.82 Å². The van der Waals surface area contributed by atoms with Gasteiger partial charge in [0.15, 0.2) is 6.54 Å². The van der Waals surface area contributed by atoms with Crippen LogP contribution in [0.2, 0.25) is 10.2 Å². The SMILES string of the molecule is O=C(C[N+]1(OC(=O)C(F)(F)F)CCN(C(=O)c2cc(Cc3c[nH]c(=O)c4cc(Cl)c(Cl)n34)ccc2F)CC1)N1CCOCC1. The van der Waals surface area contributed by atoms with E-state index in [1.807, 2.05) is 0 Å². The van der Waals surface area contributed by atoms with Gasteiger partial charge in [0.2, 0.25) is 0 Å². The number of carbonyl (C=O) groups is 3. The number of fused-ring (bicyclic) bond motifs is 1. The Morgan fingerprint density at radius 1 is 1.02 bits per heavy atom. The molecule has 0 bridgehead atoms. The number of amides is 2.